The average molecular weight is 559 g/mol. The Labute approximate surface area is 239 Å². The van der Waals surface area contributed by atoms with E-state index in [1.807, 2.05) is 11.8 Å². The van der Waals surface area contributed by atoms with Gasteiger partial charge in [0.1, 0.15) is 11.5 Å². The zero-order valence-corrected chi connectivity index (χ0v) is 23.6. The second-order valence-electron chi connectivity index (χ2n) is 11.0. The predicted octanol–water partition coefficient (Wildman–Crippen LogP) is 5.01. The number of rotatable bonds is 8. The summed E-state index contributed by atoms with van der Waals surface area (Å²) in [6, 6.07) is 12.2. The minimum atomic E-state index is -0.493. The lowest BCUT2D eigenvalue weighted by atomic mass is 9.96. The molecule has 2 aliphatic heterocycles. The van der Waals surface area contributed by atoms with Crippen molar-refractivity contribution in [3.63, 3.8) is 0 Å². The molecule has 1 amide bonds. The van der Waals surface area contributed by atoms with E-state index >= 15 is 0 Å². The number of methoxy groups -OCH3 is 1. The van der Waals surface area contributed by atoms with E-state index in [9.17, 15) is 14.0 Å². The zero-order valence-electron chi connectivity index (χ0n) is 23.6. The smallest absolute Gasteiger partial charge is 0.356 e. The lowest BCUT2D eigenvalue weighted by molar-refractivity contribution is 0.0536. The van der Waals surface area contributed by atoms with Crippen molar-refractivity contribution in [3.8, 4) is 17.1 Å². The maximum Gasteiger partial charge on any atom is 0.356 e. The first kappa shape index (κ1) is 27.3. The van der Waals surface area contributed by atoms with Crippen molar-refractivity contribution in [1.82, 2.24) is 19.8 Å². The van der Waals surface area contributed by atoms with E-state index in [0.29, 0.717) is 42.6 Å². The molecular formula is C32H35FN4O4. The highest BCUT2D eigenvalue weighted by atomic mass is 19.1. The number of pyridine rings is 2. The number of hydrogen-bond acceptors (Lipinski definition) is 7. The van der Waals surface area contributed by atoms with Crippen molar-refractivity contribution in [1.29, 1.82) is 0 Å². The van der Waals surface area contributed by atoms with Gasteiger partial charge in [-0.05, 0) is 86.6 Å². The molecule has 0 bridgehead atoms. The number of aromatic nitrogens is 2. The van der Waals surface area contributed by atoms with Crippen LogP contribution in [0.25, 0.3) is 11.3 Å². The van der Waals surface area contributed by atoms with E-state index in [4.69, 9.17) is 14.5 Å². The Hall–Kier alpha value is -3.85. The largest absolute Gasteiger partial charge is 0.478 e. The van der Waals surface area contributed by atoms with E-state index in [-0.39, 0.29) is 23.5 Å². The molecule has 1 saturated heterocycles. The van der Waals surface area contributed by atoms with Crippen LogP contribution in [0.1, 0.15) is 76.2 Å². The quantitative estimate of drug-likeness (QED) is 0.360. The van der Waals surface area contributed by atoms with Gasteiger partial charge < -0.3 is 14.4 Å². The summed E-state index contributed by atoms with van der Waals surface area (Å²) < 4.78 is 24.4. The lowest BCUT2D eigenvalue weighted by Gasteiger charge is -2.40. The third-order valence-corrected chi connectivity index (χ3v) is 8.35. The average Bonchev–Trinajstić information content (AvgIpc) is 3.84. The SMILES string of the molecule is CCOc1nc(-c2ccc(F)cc2)c(C2CC2)cc1CN1CCC(N2CCc3nc(C(=O)OC)ccc3C2=O)CC1. The Kier molecular flexibility index (Phi) is 7.71. The van der Waals surface area contributed by atoms with Gasteiger partial charge in [-0.3, -0.25) is 9.69 Å². The highest BCUT2D eigenvalue weighted by Crippen LogP contribution is 2.45. The molecule has 2 aromatic heterocycles. The van der Waals surface area contributed by atoms with Gasteiger partial charge in [-0.2, -0.15) is 0 Å². The van der Waals surface area contributed by atoms with Gasteiger partial charge in [0.15, 0.2) is 0 Å². The van der Waals surface area contributed by atoms with E-state index in [2.05, 4.69) is 16.0 Å². The monoisotopic (exact) mass is 558 g/mol. The Morgan fingerprint density at radius 1 is 1.02 bits per heavy atom. The lowest BCUT2D eigenvalue weighted by Crippen LogP contribution is -2.50. The molecule has 0 atom stereocenters. The number of nitrogens with zero attached hydrogens (tertiary/aromatic N) is 4. The molecule has 0 unspecified atom stereocenters. The summed E-state index contributed by atoms with van der Waals surface area (Å²) in [6.45, 7) is 5.54. The van der Waals surface area contributed by atoms with E-state index < -0.39 is 5.97 Å². The molecule has 1 aromatic carbocycles. The maximum absolute atomic E-state index is 13.6. The molecule has 4 heterocycles. The number of fused-ring (bicyclic) bond motifs is 1. The summed E-state index contributed by atoms with van der Waals surface area (Å²) >= 11 is 0. The van der Waals surface area contributed by atoms with Crippen LogP contribution in [-0.2, 0) is 17.7 Å². The number of carbonyl (C=O) groups is 2. The summed E-state index contributed by atoms with van der Waals surface area (Å²) in [5.41, 5.74) is 5.56. The Bertz CT molecular complexity index is 1450. The van der Waals surface area contributed by atoms with Gasteiger partial charge in [-0.1, -0.05) is 0 Å². The number of esters is 1. The number of hydrogen-bond donors (Lipinski definition) is 0. The van der Waals surface area contributed by atoms with Crippen molar-refractivity contribution in [2.45, 2.75) is 57.5 Å². The fourth-order valence-electron chi connectivity index (χ4n) is 6.04. The predicted molar refractivity (Wildman–Crippen MR) is 151 cm³/mol. The third-order valence-electron chi connectivity index (χ3n) is 8.35. The van der Waals surface area contributed by atoms with Crippen LogP contribution in [-0.4, -0.2) is 71.0 Å². The van der Waals surface area contributed by atoms with Gasteiger partial charge >= 0.3 is 5.97 Å². The number of likely N-dealkylation sites (tertiary alicyclic amines) is 1. The molecule has 0 N–H and O–H groups in total. The zero-order chi connectivity index (χ0) is 28.5. The van der Waals surface area contributed by atoms with Crippen molar-refractivity contribution in [3.05, 3.63) is 76.4 Å². The van der Waals surface area contributed by atoms with Gasteiger partial charge in [-0.25, -0.2) is 19.2 Å². The van der Waals surface area contributed by atoms with Gasteiger partial charge in [0, 0.05) is 49.8 Å². The highest BCUT2D eigenvalue weighted by molar-refractivity contribution is 5.97. The molecule has 3 aromatic rings. The highest BCUT2D eigenvalue weighted by Gasteiger charge is 2.34. The molecule has 1 saturated carbocycles. The molecule has 6 rings (SSSR count). The van der Waals surface area contributed by atoms with Crippen molar-refractivity contribution in [2.75, 3.05) is 33.4 Å². The Morgan fingerprint density at radius 3 is 2.46 bits per heavy atom. The molecule has 8 nitrogen and oxygen atoms in total. The summed E-state index contributed by atoms with van der Waals surface area (Å²) in [4.78, 5) is 38.9. The summed E-state index contributed by atoms with van der Waals surface area (Å²) in [5, 5.41) is 0. The minimum Gasteiger partial charge on any atom is -0.478 e. The first-order valence-electron chi connectivity index (χ1n) is 14.5. The maximum atomic E-state index is 13.6. The van der Waals surface area contributed by atoms with Crippen molar-refractivity contribution >= 4 is 11.9 Å². The first-order chi connectivity index (χ1) is 19.9. The molecule has 214 valence electrons. The number of ether oxygens (including phenoxy) is 2. The van der Waals surface area contributed by atoms with E-state index in [1.54, 1.807) is 24.3 Å². The van der Waals surface area contributed by atoms with Crippen LogP contribution in [0.3, 0.4) is 0 Å². The Morgan fingerprint density at radius 2 is 1.78 bits per heavy atom. The topological polar surface area (TPSA) is 84.9 Å². The fraction of sp³-hybridized carbons (Fsp3) is 0.438. The molecule has 1 aliphatic carbocycles. The second-order valence-corrected chi connectivity index (χ2v) is 11.0. The van der Waals surface area contributed by atoms with Crippen molar-refractivity contribution < 1.29 is 23.5 Å². The van der Waals surface area contributed by atoms with Crippen molar-refractivity contribution in [2.24, 2.45) is 0 Å². The first-order valence-corrected chi connectivity index (χ1v) is 14.5. The van der Waals surface area contributed by atoms with Crippen LogP contribution in [0.15, 0.2) is 42.5 Å². The van der Waals surface area contributed by atoms with Crippen LogP contribution in [0.2, 0.25) is 0 Å². The number of benzene rings is 1. The summed E-state index contributed by atoms with van der Waals surface area (Å²) in [5.74, 6) is 0.356. The number of carbonyl (C=O) groups excluding carboxylic acids is 2. The third kappa shape index (κ3) is 5.68. The molecule has 0 radical (unpaired) electrons. The van der Waals surface area contributed by atoms with Gasteiger partial charge in [0.25, 0.3) is 5.91 Å². The summed E-state index contributed by atoms with van der Waals surface area (Å²) in [6.07, 6.45) is 4.67. The van der Waals surface area contributed by atoms with Crippen LogP contribution in [0.5, 0.6) is 5.88 Å². The normalized spacial score (nSPS) is 17.8. The fourth-order valence-corrected chi connectivity index (χ4v) is 6.04. The molecule has 0 spiro atoms. The Balaban J connectivity index is 1.15. The summed E-state index contributed by atoms with van der Waals surface area (Å²) in [7, 11) is 1.33. The van der Waals surface area contributed by atoms with E-state index in [0.717, 1.165) is 62.1 Å². The molecule has 3 aliphatic rings. The van der Waals surface area contributed by atoms with Crippen LogP contribution in [0, 0.1) is 5.82 Å². The van der Waals surface area contributed by atoms with E-state index in [1.165, 1.54) is 24.8 Å². The van der Waals surface area contributed by atoms with Crippen LogP contribution in [0.4, 0.5) is 4.39 Å². The second kappa shape index (κ2) is 11.6. The van der Waals surface area contributed by atoms with Gasteiger partial charge in [0.2, 0.25) is 5.88 Å². The molecule has 9 heteroatoms. The number of halogens is 1. The van der Waals surface area contributed by atoms with Crippen LogP contribution >= 0.6 is 0 Å². The minimum absolute atomic E-state index is 0.0121. The van der Waals surface area contributed by atoms with Crippen LogP contribution < -0.4 is 4.74 Å². The standard InChI is InChI=1S/C32H35FN4O4/c1-3-41-30-22(18-26(20-4-5-20)29(35-30)21-6-8-23(33)9-7-21)19-36-15-12-24(13-16-36)37-17-14-27-25(31(37)38)10-11-28(34-27)32(39)40-2/h6-11,18,20,24H,3-5,12-17,19H2,1-2H3. The number of amides is 1. The van der Waals surface area contributed by atoms with Gasteiger partial charge in [-0.15, -0.1) is 0 Å². The number of piperidine rings is 1. The molecule has 41 heavy (non-hydrogen) atoms. The van der Waals surface area contributed by atoms with Gasteiger partial charge in [0.05, 0.1) is 30.7 Å². The molecular weight excluding hydrogens is 523 g/mol. The molecule has 2 fully saturated rings.